The molecule has 0 unspecified atom stereocenters. The molecule has 1 fully saturated rings. The molecule has 1 aromatic rings. The highest BCUT2D eigenvalue weighted by molar-refractivity contribution is 8.13. The van der Waals surface area contributed by atoms with Gasteiger partial charge in [0.25, 0.3) is 5.24 Å². The largest absolute Gasteiger partial charge is 0.494 e. The highest BCUT2D eigenvalue weighted by atomic mass is 32.2. The molecule has 7 heteroatoms. The summed E-state index contributed by atoms with van der Waals surface area (Å²) in [5.74, 6) is 1.93. The predicted octanol–water partition coefficient (Wildman–Crippen LogP) is 2.98. The van der Waals surface area contributed by atoms with Crippen LogP contribution < -0.4 is 14.8 Å². The van der Waals surface area contributed by atoms with Crippen molar-refractivity contribution in [2.24, 2.45) is 0 Å². The van der Waals surface area contributed by atoms with Crippen LogP contribution in [-0.2, 0) is 4.79 Å². The SMILES string of the molecule is CCOc1ccc(OCC)c(NC(=O)CCN2CCSC2=O)c1. The average molecular weight is 338 g/mol. The van der Waals surface area contributed by atoms with Crippen molar-refractivity contribution in [1.82, 2.24) is 4.90 Å². The lowest BCUT2D eigenvalue weighted by Crippen LogP contribution is -2.27. The molecule has 23 heavy (non-hydrogen) atoms. The van der Waals surface area contributed by atoms with Crippen molar-refractivity contribution in [1.29, 1.82) is 0 Å². The van der Waals surface area contributed by atoms with Gasteiger partial charge >= 0.3 is 0 Å². The van der Waals surface area contributed by atoms with E-state index in [2.05, 4.69) is 5.32 Å². The van der Waals surface area contributed by atoms with Crippen molar-refractivity contribution >= 4 is 28.6 Å². The summed E-state index contributed by atoms with van der Waals surface area (Å²) in [6.45, 7) is 6.00. The van der Waals surface area contributed by atoms with Crippen LogP contribution in [0.3, 0.4) is 0 Å². The van der Waals surface area contributed by atoms with Gasteiger partial charge in [0.2, 0.25) is 5.91 Å². The van der Waals surface area contributed by atoms with E-state index in [1.807, 2.05) is 19.9 Å². The van der Waals surface area contributed by atoms with Crippen molar-refractivity contribution in [3.05, 3.63) is 18.2 Å². The second-order valence-electron chi connectivity index (χ2n) is 4.92. The van der Waals surface area contributed by atoms with E-state index in [0.29, 0.717) is 43.5 Å². The van der Waals surface area contributed by atoms with Gasteiger partial charge in [-0.05, 0) is 26.0 Å². The fourth-order valence-corrected chi connectivity index (χ4v) is 3.07. The molecule has 2 rings (SSSR count). The third kappa shape index (κ3) is 5.06. The maximum Gasteiger partial charge on any atom is 0.281 e. The number of anilines is 1. The molecule has 1 N–H and O–H groups in total. The normalized spacial score (nSPS) is 14.0. The summed E-state index contributed by atoms with van der Waals surface area (Å²) in [6.07, 6.45) is 0.261. The van der Waals surface area contributed by atoms with E-state index in [-0.39, 0.29) is 17.6 Å². The molecule has 0 bridgehead atoms. The highest BCUT2D eigenvalue weighted by Gasteiger charge is 2.21. The third-order valence-electron chi connectivity index (χ3n) is 3.29. The Morgan fingerprint density at radius 2 is 2.09 bits per heavy atom. The Labute approximate surface area is 140 Å². The van der Waals surface area contributed by atoms with Crippen LogP contribution in [0.25, 0.3) is 0 Å². The lowest BCUT2D eigenvalue weighted by molar-refractivity contribution is -0.116. The van der Waals surface area contributed by atoms with Crippen LogP contribution in [0.15, 0.2) is 18.2 Å². The van der Waals surface area contributed by atoms with Crippen LogP contribution >= 0.6 is 11.8 Å². The molecular formula is C16H22N2O4S. The number of hydrogen-bond acceptors (Lipinski definition) is 5. The Bertz CT molecular complexity index is 565. The van der Waals surface area contributed by atoms with Crippen LogP contribution in [0.4, 0.5) is 10.5 Å². The minimum absolute atomic E-state index is 0.0474. The molecular weight excluding hydrogens is 316 g/mol. The van der Waals surface area contributed by atoms with Gasteiger partial charge in [0, 0.05) is 31.3 Å². The minimum atomic E-state index is -0.149. The van der Waals surface area contributed by atoms with E-state index < -0.39 is 0 Å². The molecule has 1 aromatic carbocycles. The van der Waals surface area contributed by atoms with Gasteiger partial charge in [0.15, 0.2) is 0 Å². The van der Waals surface area contributed by atoms with Crippen molar-refractivity contribution in [2.45, 2.75) is 20.3 Å². The molecule has 2 amide bonds. The number of thioether (sulfide) groups is 1. The maximum atomic E-state index is 12.1. The molecule has 1 aliphatic rings. The van der Waals surface area contributed by atoms with Crippen molar-refractivity contribution < 1.29 is 19.1 Å². The molecule has 1 saturated heterocycles. The number of amides is 2. The zero-order valence-corrected chi connectivity index (χ0v) is 14.3. The first-order valence-electron chi connectivity index (χ1n) is 7.75. The second kappa shape index (κ2) is 8.67. The summed E-state index contributed by atoms with van der Waals surface area (Å²) < 4.78 is 11.0. The number of ether oxygens (including phenoxy) is 2. The number of hydrogen-bond donors (Lipinski definition) is 1. The monoisotopic (exact) mass is 338 g/mol. The summed E-state index contributed by atoms with van der Waals surface area (Å²) in [6, 6.07) is 5.35. The van der Waals surface area contributed by atoms with E-state index in [4.69, 9.17) is 9.47 Å². The fraction of sp³-hybridized carbons (Fsp3) is 0.500. The standard InChI is InChI=1S/C16H22N2O4S/c1-3-21-12-5-6-14(22-4-2)13(11-12)17-15(19)7-8-18-9-10-23-16(18)20/h5-6,11H,3-4,7-10H2,1-2H3,(H,17,19). The number of nitrogens with one attached hydrogen (secondary N) is 1. The van der Waals surface area contributed by atoms with Crippen LogP contribution in [0.5, 0.6) is 11.5 Å². The Balaban J connectivity index is 1.97. The van der Waals surface area contributed by atoms with Crippen molar-refractivity contribution in [3.63, 3.8) is 0 Å². The molecule has 1 aliphatic heterocycles. The number of carbonyl (C=O) groups excluding carboxylic acids is 2. The lowest BCUT2D eigenvalue weighted by atomic mass is 10.2. The highest BCUT2D eigenvalue weighted by Crippen LogP contribution is 2.29. The molecule has 0 saturated carbocycles. The number of nitrogens with zero attached hydrogens (tertiary/aromatic N) is 1. The maximum absolute atomic E-state index is 12.1. The van der Waals surface area contributed by atoms with Gasteiger partial charge in [-0.25, -0.2) is 0 Å². The first-order valence-corrected chi connectivity index (χ1v) is 8.73. The van der Waals surface area contributed by atoms with E-state index in [1.54, 1.807) is 17.0 Å². The molecule has 0 radical (unpaired) electrons. The van der Waals surface area contributed by atoms with E-state index in [1.165, 1.54) is 11.8 Å². The zero-order chi connectivity index (χ0) is 16.7. The van der Waals surface area contributed by atoms with Gasteiger partial charge in [-0.3, -0.25) is 9.59 Å². The Kier molecular flexibility index (Phi) is 6.58. The first-order chi connectivity index (χ1) is 11.1. The number of benzene rings is 1. The molecule has 0 aromatic heterocycles. The number of carbonyl (C=O) groups is 2. The Morgan fingerprint density at radius 1 is 1.30 bits per heavy atom. The number of rotatable bonds is 8. The second-order valence-corrected chi connectivity index (χ2v) is 5.97. The van der Waals surface area contributed by atoms with Crippen molar-refractivity contribution in [3.8, 4) is 11.5 Å². The Hall–Kier alpha value is -1.89. The van der Waals surface area contributed by atoms with Gasteiger partial charge in [-0.2, -0.15) is 0 Å². The molecule has 126 valence electrons. The third-order valence-corrected chi connectivity index (χ3v) is 4.18. The van der Waals surface area contributed by atoms with E-state index in [9.17, 15) is 9.59 Å². The zero-order valence-electron chi connectivity index (χ0n) is 13.5. The average Bonchev–Trinajstić information content (AvgIpc) is 2.93. The summed E-state index contributed by atoms with van der Waals surface area (Å²) in [5.41, 5.74) is 0.588. The Morgan fingerprint density at radius 3 is 2.74 bits per heavy atom. The minimum Gasteiger partial charge on any atom is -0.494 e. The summed E-state index contributed by atoms with van der Waals surface area (Å²) in [4.78, 5) is 25.4. The van der Waals surface area contributed by atoms with Gasteiger partial charge < -0.3 is 19.7 Å². The predicted molar refractivity (Wildman–Crippen MR) is 91.5 cm³/mol. The van der Waals surface area contributed by atoms with Gasteiger partial charge in [0.05, 0.1) is 18.9 Å². The molecule has 1 heterocycles. The first kappa shape index (κ1) is 17.5. The molecule has 0 aliphatic carbocycles. The summed E-state index contributed by atoms with van der Waals surface area (Å²) in [5, 5.41) is 2.89. The molecule has 0 atom stereocenters. The van der Waals surface area contributed by atoms with Gasteiger partial charge in [-0.15, -0.1) is 0 Å². The van der Waals surface area contributed by atoms with Crippen molar-refractivity contribution in [2.75, 3.05) is 37.4 Å². The van der Waals surface area contributed by atoms with Gasteiger partial charge in [-0.1, -0.05) is 11.8 Å². The molecule has 6 nitrogen and oxygen atoms in total. The summed E-state index contributed by atoms with van der Waals surface area (Å²) >= 11 is 1.30. The van der Waals surface area contributed by atoms with Crippen LogP contribution in [0.1, 0.15) is 20.3 Å². The lowest BCUT2D eigenvalue weighted by Gasteiger charge is -2.16. The van der Waals surface area contributed by atoms with E-state index in [0.717, 1.165) is 5.75 Å². The van der Waals surface area contributed by atoms with E-state index >= 15 is 0 Å². The molecule has 0 spiro atoms. The topological polar surface area (TPSA) is 67.9 Å². The van der Waals surface area contributed by atoms with Crippen LogP contribution in [-0.4, -0.2) is 48.1 Å². The smallest absolute Gasteiger partial charge is 0.281 e. The van der Waals surface area contributed by atoms with Crippen LogP contribution in [0, 0.1) is 0 Å². The quantitative estimate of drug-likeness (QED) is 0.789. The van der Waals surface area contributed by atoms with Crippen LogP contribution in [0.2, 0.25) is 0 Å². The summed E-state index contributed by atoms with van der Waals surface area (Å²) in [7, 11) is 0. The fourth-order valence-electron chi connectivity index (χ4n) is 2.22. The van der Waals surface area contributed by atoms with Gasteiger partial charge in [0.1, 0.15) is 11.5 Å².